The number of carbonyl (C=O) groups is 1. The minimum absolute atomic E-state index is 0.0641. The summed E-state index contributed by atoms with van der Waals surface area (Å²) in [7, 11) is 0. The highest BCUT2D eigenvalue weighted by Crippen LogP contribution is 2.38. The molecule has 2 aliphatic rings. The van der Waals surface area contributed by atoms with Gasteiger partial charge in [0.05, 0.1) is 11.2 Å². The molecule has 0 aromatic heterocycles. The summed E-state index contributed by atoms with van der Waals surface area (Å²) in [5.74, 6) is 1.34. The Kier molecular flexibility index (Phi) is 5.00. The molecular formula is C16H20FNO2S2. The van der Waals surface area contributed by atoms with Crippen LogP contribution >= 0.6 is 23.5 Å². The lowest BCUT2D eigenvalue weighted by molar-refractivity contribution is -0.0688. The van der Waals surface area contributed by atoms with E-state index in [1.54, 1.807) is 12.1 Å². The molecule has 3 nitrogen and oxygen atoms in total. The lowest BCUT2D eigenvalue weighted by atomic mass is 9.89. The first-order valence-corrected chi connectivity index (χ1v) is 9.86. The van der Waals surface area contributed by atoms with Crippen molar-refractivity contribution in [1.29, 1.82) is 0 Å². The minimum Gasteiger partial charge on any atom is -0.374 e. The molecule has 0 radical (unpaired) electrons. The van der Waals surface area contributed by atoms with Gasteiger partial charge in [-0.3, -0.25) is 4.79 Å². The zero-order valence-electron chi connectivity index (χ0n) is 12.6. The van der Waals surface area contributed by atoms with Crippen molar-refractivity contribution < 1.29 is 13.9 Å². The van der Waals surface area contributed by atoms with Crippen LogP contribution in [-0.2, 0) is 4.74 Å². The molecule has 0 saturated carbocycles. The van der Waals surface area contributed by atoms with Crippen molar-refractivity contribution in [2.45, 2.75) is 35.8 Å². The predicted molar refractivity (Wildman–Crippen MR) is 89.3 cm³/mol. The lowest BCUT2D eigenvalue weighted by Gasteiger charge is -2.38. The normalized spacial score (nSPS) is 28.0. The Morgan fingerprint density at radius 3 is 3.14 bits per heavy atom. The van der Waals surface area contributed by atoms with Gasteiger partial charge in [0.15, 0.2) is 0 Å². The predicted octanol–water partition coefficient (Wildman–Crippen LogP) is 3.33. The van der Waals surface area contributed by atoms with E-state index in [1.807, 2.05) is 18.0 Å². The van der Waals surface area contributed by atoms with Gasteiger partial charge < -0.3 is 10.1 Å². The maximum atomic E-state index is 14.0. The van der Waals surface area contributed by atoms with Crippen molar-refractivity contribution in [3.8, 4) is 0 Å². The van der Waals surface area contributed by atoms with Gasteiger partial charge in [-0.15, -0.1) is 11.8 Å². The molecular weight excluding hydrogens is 321 g/mol. The third kappa shape index (κ3) is 3.29. The van der Waals surface area contributed by atoms with Crippen molar-refractivity contribution in [3.05, 3.63) is 29.6 Å². The number of hydrogen-bond donors (Lipinski definition) is 1. The number of amides is 1. The average Bonchev–Trinajstić information content (AvgIpc) is 2.94. The van der Waals surface area contributed by atoms with Gasteiger partial charge in [0.2, 0.25) is 0 Å². The molecule has 120 valence electrons. The molecule has 3 rings (SSSR count). The van der Waals surface area contributed by atoms with E-state index in [4.69, 9.17) is 4.74 Å². The van der Waals surface area contributed by atoms with Gasteiger partial charge in [0, 0.05) is 23.3 Å². The molecule has 1 spiro atoms. The number of halogens is 1. The molecule has 2 aliphatic heterocycles. The summed E-state index contributed by atoms with van der Waals surface area (Å²) in [6, 6.07) is 4.82. The Bertz CT molecular complexity index is 561. The van der Waals surface area contributed by atoms with Crippen LogP contribution in [0.25, 0.3) is 0 Å². The molecule has 2 heterocycles. The number of rotatable bonds is 3. The molecule has 2 fully saturated rings. The van der Waals surface area contributed by atoms with Crippen LogP contribution in [0.4, 0.5) is 4.39 Å². The molecule has 1 amide bonds. The first-order chi connectivity index (χ1) is 10.6. The van der Waals surface area contributed by atoms with Gasteiger partial charge in [-0.2, -0.15) is 11.8 Å². The molecule has 0 unspecified atom stereocenters. The van der Waals surface area contributed by atoms with Gasteiger partial charge >= 0.3 is 0 Å². The van der Waals surface area contributed by atoms with E-state index in [-0.39, 0.29) is 23.1 Å². The quantitative estimate of drug-likeness (QED) is 0.856. The van der Waals surface area contributed by atoms with Crippen molar-refractivity contribution in [2.24, 2.45) is 0 Å². The molecule has 1 N–H and O–H groups in total. The topological polar surface area (TPSA) is 38.3 Å². The summed E-state index contributed by atoms with van der Waals surface area (Å²) in [6.45, 7) is 0.665. The molecule has 1 aromatic rings. The number of benzene rings is 1. The Labute approximate surface area is 138 Å². The molecule has 6 heteroatoms. The van der Waals surface area contributed by atoms with Crippen LogP contribution in [0.2, 0.25) is 0 Å². The van der Waals surface area contributed by atoms with Gasteiger partial charge in [-0.25, -0.2) is 4.39 Å². The maximum Gasteiger partial charge on any atom is 0.255 e. The minimum atomic E-state index is -0.456. The first kappa shape index (κ1) is 16.1. The Balaban J connectivity index is 1.72. The summed E-state index contributed by atoms with van der Waals surface area (Å²) >= 11 is 3.29. The fraction of sp³-hybridized carbons (Fsp3) is 0.562. The Morgan fingerprint density at radius 2 is 2.41 bits per heavy atom. The van der Waals surface area contributed by atoms with Crippen LogP contribution in [0.1, 0.15) is 29.6 Å². The standard InChI is InChI=1S/C16H20FNO2S2/c1-21-13-4-2-3-12(17)14(13)15(19)18-11-5-7-20-16(9-11)6-8-22-10-16/h2-4,11H,5-10H2,1H3,(H,18,19)/t11-,16-/m1/s1. The molecule has 0 aliphatic carbocycles. The second kappa shape index (κ2) is 6.81. The maximum absolute atomic E-state index is 14.0. The zero-order valence-corrected chi connectivity index (χ0v) is 14.2. The van der Waals surface area contributed by atoms with Gasteiger partial charge in [0.25, 0.3) is 5.91 Å². The summed E-state index contributed by atoms with van der Waals surface area (Å²) in [6.07, 6.45) is 4.51. The first-order valence-electron chi connectivity index (χ1n) is 7.49. The lowest BCUT2D eigenvalue weighted by Crippen LogP contribution is -2.48. The monoisotopic (exact) mass is 341 g/mol. The van der Waals surface area contributed by atoms with Crippen molar-refractivity contribution >= 4 is 29.4 Å². The third-order valence-corrected chi connectivity index (χ3v) is 6.32. The number of hydrogen-bond acceptors (Lipinski definition) is 4. The van der Waals surface area contributed by atoms with Crippen molar-refractivity contribution in [3.63, 3.8) is 0 Å². The molecule has 1 aromatic carbocycles. The van der Waals surface area contributed by atoms with E-state index < -0.39 is 5.82 Å². The highest BCUT2D eigenvalue weighted by molar-refractivity contribution is 7.99. The number of thioether (sulfide) groups is 2. The number of ether oxygens (including phenoxy) is 1. The molecule has 2 saturated heterocycles. The van der Waals surface area contributed by atoms with E-state index in [0.29, 0.717) is 11.5 Å². The third-order valence-electron chi connectivity index (χ3n) is 4.32. The van der Waals surface area contributed by atoms with Crippen LogP contribution in [0.15, 0.2) is 23.1 Å². The van der Waals surface area contributed by atoms with E-state index in [0.717, 1.165) is 30.8 Å². The van der Waals surface area contributed by atoms with Crippen LogP contribution < -0.4 is 5.32 Å². The molecule has 2 atom stereocenters. The second-order valence-electron chi connectivity index (χ2n) is 5.81. The Morgan fingerprint density at radius 1 is 1.55 bits per heavy atom. The molecule has 22 heavy (non-hydrogen) atoms. The van der Waals surface area contributed by atoms with E-state index in [1.165, 1.54) is 17.8 Å². The summed E-state index contributed by atoms with van der Waals surface area (Å²) < 4.78 is 20.0. The van der Waals surface area contributed by atoms with Crippen molar-refractivity contribution in [1.82, 2.24) is 5.32 Å². The van der Waals surface area contributed by atoms with Crippen LogP contribution in [0.3, 0.4) is 0 Å². The van der Waals surface area contributed by atoms with Crippen LogP contribution in [0, 0.1) is 5.82 Å². The SMILES string of the molecule is CSc1cccc(F)c1C(=O)N[C@@H]1CCO[C@]2(CCSC2)C1. The smallest absolute Gasteiger partial charge is 0.255 e. The molecule has 0 bridgehead atoms. The summed E-state index contributed by atoms with van der Waals surface area (Å²) in [5.41, 5.74) is 0.0784. The highest BCUT2D eigenvalue weighted by Gasteiger charge is 2.41. The van der Waals surface area contributed by atoms with Crippen molar-refractivity contribution in [2.75, 3.05) is 24.4 Å². The number of carbonyl (C=O) groups excluding carboxylic acids is 1. The zero-order chi connectivity index (χ0) is 15.6. The van der Waals surface area contributed by atoms with Crippen LogP contribution in [0.5, 0.6) is 0 Å². The largest absolute Gasteiger partial charge is 0.374 e. The fourth-order valence-corrected chi connectivity index (χ4v) is 5.15. The summed E-state index contributed by atoms with van der Waals surface area (Å²) in [4.78, 5) is 13.2. The van der Waals surface area contributed by atoms with Gasteiger partial charge in [0.1, 0.15) is 5.82 Å². The van der Waals surface area contributed by atoms with E-state index in [9.17, 15) is 9.18 Å². The van der Waals surface area contributed by atoms with Crippen LogP contribution in [-0.4, -0.2) is 41.9 Å². The van der Waals surface area contributed by atoms with E-state index in [2.05, 4.69) is 5.32 Å². The number of nitrogens with one attached hydrogen (secondary N) is 1. The Hall–Kier alpha value is -0.720. The van der Waals surface area contributed by atoms with E-state index >= 15 is 0 Å². The second-order valence-corrected chi connectivity index (χ2v) is 7.77. The highest BCUT2D eigenvalue weighted by atomic mass is 32.2. The van der Waals surface area contributed by atoms with Gasteiger partial charge in [-0.05, 0) is 43.4 Å². The van der Waals surface area contributed by atoms with Gasteiger partial charge in [-0.1, -0.05) is 6.07 Å². The summed E-state index contributed by atoms with van der Waals surface area (Å²) in [5, 5.41) is 3.02. The fourth-order valence-electron chi connectivity index (χ4n) is 3.17. The average molecular weight is 341 g/mol.